The number of anilines is 1. The molecule has 0 aliphatic rings. The minimum atomic E-state index is -0.407. The van der Waals surface area contributed by atoms with Crippen LogP contribution in [0.15, 0.2) is 18.2 Å². The smallest absolute Gasteiger partial charge is 0.305 e. The number of halogens is 1. The Morgan fingerprint density at radius 3 is 2.72 bits per heavy atom. The molecule has 1 aromatic carbocycles. The van der Waals surface area contributed by atoms with E-state index in [0.717, 1.165) is 5.56 Å². The van der Waals surface area contributed by atoms with Crippen LogP contribution in [0.4, 0.5) is 10.1 Å². The van der Waals surface area contributed by atoms with E-state index in [2.05, 4.69) is 10.1 Å². The molecule has 1 aromatic rings. The number of carbonyl (C=O) groups is 2. The van der Waals surface area contributed by atoms with Gasteiger partial charge in [0.05, 0.1) is 7.11 Å². The summed E-state index contributed by atoms with van der Waals surface area (Å²) in [4.78, 5) is 22.0. The number of benzene rings is 1. The molecule has 0 saturated carbocycles. The van der Waals surface area contributed by atoms with Crippen molar-refractivity contribution in [3.63, 3.8) is 0 Å². The lowest BCUT2D eigenvalue weighted by atomic mass is 10.1. The van der Waals surface area contributed by atoms with E-state index >= 15 is 0 Å². The van der Waals surface area contributed by atoms with Gasteiger partial charge < -0.3 is 10.1 Å². The zero-order valence-electron chi connectivity index (χ0n) is 10.5. The normalized spacial score (nSPS) is 9.94. The Kier molecular flexibility index (Phi) is 5.30. The maximum absolute atomic E-state index is 13.1. The summed E-state index contributed by atoms with van der Waals surface area (Å²) >= 11 is 0. The van der Waals surface area contributed by atoms with Crippen molar-refractivity contribution < 1.29 is 18.7 Å². The predicted octanol–water partition coefficient (Wildman–Crippen LogP) is 2.28. The van der Waals surface area contributed by atoms with Crippen molar-refractivity contribution in [1.29, 1.82) is 0 Å². The highest BCUT2D eigenvalue weighted by atomic mass is 19.1. The number of carbonyl (C=O) groups excluding carboxylic acids is 2. The first-order valence-corrected chi connectivity index (χ1v) is 5.65. The first-order valence-electron chi connectivity index (χ1n) is 5.65. The standard InChI is InChI=1S/C13H16FNO3/c1-9(16)15-12-8-11(14)7-6-10(12)4-3-5-13(17)18-2/h6-8H,3-5H2,1-2H3,(H,15,16). The fraction of sp³-hybridized carbons (Fsp3) is 0.385. The molecule has 0 spiro atoms. The zero-order chi connectivity index (χ0) is 13.5. The Hall–Kier alpha value is -1.91. The second kappa shape index (κ2) is 6.74. The Balaban J connectivity index is 2.68. The van der Waals surface area contributed by atoms with Gasteiger partial charge in [0.15, 0.2) is 0 Å². The van der Waals surface area contributed by atoms with E-state index in [1.54, 1.807) is 6.07 Å². The molecule has 0 aromatic heterocycles. The van der Waals surface area contributed by atoms with Crippen LogP contribution in [0.2, 0.25) is 0 Å². The molecular weight excluding hydrogens is 237 g/mol. The van der Waals surface area contributed by atoms with Crippen molar-refractivity contribution in [3.05, 3.63) is 29.6 Å². The van der Waals surface area contributed by atoms with Gasteiger partial charge in [0.25, 0.3) is 0 Å². The Morgan fingerprint density at radius 1 is 1.39 bits per heavy atom. The number of esters is 1. The molecule has 1 amide bonds. The second-order valence-corrected chi connectivity index (χ2v) is 3.91. The third-order valence-electron chi connectivity index (χ3n) is 2.44. The van der Waals surface area contributed by atoms with E-state index in [-0.39, 0.29) is 11.9 Å². The highest BCUT2D eigenvalue weighted by molar-refractivity contribution is 5.89. The summed E-state index contributed by atoms with van der Waals surface area (Å²) in [5, 5.41) is 2.57. The predicted molar refractivity (Wildman–Crippen MR) is 65.7 cm³/mol. The van der Waals surface area contributed by atoms with Crippen LogP contribution in [-0.2, 0) is 20.7 Å². The van der Waals surface area contributed by atoms with Crippen LogP contribution < -0.4 is 5.32 Å². The molecular formula is C13H16FNO3. The van der Waals surface area contributed by atoms with Crippen LogP contribution in [-0.4, -0.2) is 19.0 Å². The number of hydrogen-bond acceptors (Lipinski definition) is 3. The van der Waals surface area contributed by atoms with Crippen molar-refractivity contribution in [1.82, 2.24) is 0 Å². The van der Waals surface area contributed by atoms with E-state index in [0.29, 0.717) is 24.9 Å². The van der Waals surface area contributed by atoms with Gasteiger partial charge in [-0.2, -0.15) is 0 Å². The summed E-state index contributed by atoms with van der Waals surface area (Å²) in [6.45, 7) is 1.36. The molecule has 18 heavy (non-hydrogen) atoms. The van der Waals surface area contributed by atoms with Crippen LogP contribution in [0, 0.1) is 5.82 Å². The first-order chi connectivity index (χ1) is 8.52. The van der Waals surface area contributed by atoms with Gasteiger partial charge in [0, 0.05) is 19.0 Å². The number of nitrogens with one attached hydrogen (secondary N) is 1. The lowest BCUT2D eigenvalue weighted by molar-refractivity contribution is -0.140. The minimum Gasteiger partial charge on any atom is -0.469 e. The Morgan fingerprint density at radius 2 is 2.11 bits per heavy atom. The number of ether oxygens (including phenoxy) is 1. The molecule has 1 N–H and O–H groups in total. The summed E-state index contributed by atoms with van der Waals surface area (Å²) in [6, 6.07) is 4.21. The van der Waals surface area contributed by atoms with Crippen LogP contribution in [0.5, 0.6) is 0 Å². The molecule has 0 saturated heterocycles. The molecule has 0 aliphatic carbocycles. The summed E-state index contributed by atoms with van der Waals surface area (Å²) < 4.78 is 17.6. The monoisotopic (exact) mass is 253 g/mol. The molecule has 5 heteroatoms. The zero-order valence-corrected chi connectivity index (χ0v) is 10.5. The van der Waals surface area contributed by atoms with Crippen molar-refractivity contribution in [3.8, 4) is 0 Å². The quantitative estimate of drug-likeness (QED) is 0.819. The van der Waals surface area contributed by atoms with Gasteiger partial charge in [-0.25, -0.2) is 4.39 Å². The maximum atomic E-state index is 13.1. The van der Waals surface area contributed by atoms with Crippen molar-refractivity contribution >= 4 is 17.6 Å². The SMILES string of the molecule is COC(=O)CCCc1ccc(F)cc1NC(C)=O. The fourth-order valence-corrected chi connectivity index (χ4v) is 1.60. The average Bonchev–Trinajstić information content (AvgIpc) is 2.31. The molecule has 0 aliphatic heterocycles. The lowest BCUT2D eigenvalue weighted by Crippen LogP contribution is -2.09. The summed E-state index contributed by atoms with van der Waals surface area (Å²) in [6.07, 6.45) is 1.46. The largest absolute Gasteiger partial charge is 0.469 e. The topological polar surface area (TPSA) is 55.4 Å². The number of methoxy groups -OCH3 is 1. The number of rotatable bonds is 5. The molecule has 0 heterocycles. The number of amides is 1. The molecule has 4 nitrogen and oxygen atoms in total. The molecule has 0 atom stereocenters. The van der Waals surface area contributed by atoms with Gasteiger partial charge in [-0.05, 0) is 30.5 Å². The summed E-state index contributed by atoms with van der Waals surface area (Å²) in [7, 11) is 1.34. The molecule has 0 radical (unpaired) electrons. The van der Waals surface area contributed by atoms with E-state index in [1.807, 2.05) is 0 Å². The second-order valence-electron chi connectivity index (χ2n) is 3.91. The summed E-state index contributed by atoms with van der Waals surface area (Å²) in [5.41, 5.74) is 1.25. The highest BCUT2D eigenvalue weighted by Crippen LogP contribution is 2.19. The molecule has 0 unspecified atom stereocenters. The van der Waals surface area contributed by atoms with Crippen molar-refractivity contribution in [2.45, 2.75) is 26.2 Å². The van der Waals surface area contributed by atoms with Crippen LogP contribution >= 0.6 is 0 Å². The maximum Gasteiger partial charge on any atom is 0.305 e. The van der Waals surface area contributed by atoms with Crippen LogP contribution in [0.1, 0.15) is 25.3 Å². The molecule has 0 bridgehead atoms. The molecule has 1 rings (SSSR count). The van der Waals surface area contributed by atoms with E-state index < -0.39 is 5.82 Å². The lowest BCUT2D eigenvalue weighted by Gasteiger charge is -2.09. The first kappa shape index (κ1) is 14.2. The van der Waals surface area contributed by atoms with Gasteiger partial charge in [0.1, 0.15) is 5.82 Å². The Bertz CT molecular complexity index is 446. The third kappa shape index (κ3) is 4.53. The number of hydrogen-bond donors (Lipinski definition) is 1. The number of aryl methyl sites for hydroxylation is 1. The van der Waals surface area contributed by atoms with Gasteiger partial charge in [-0.3, -0.25) is 9.59 Å². The van der Waals surface area contributed by atoms with E-state index in [9.17, 15) is 14.0 Å². The van der Waals surface area contributed by atoms with Gasteiger partial charge in [-0.15, -0.1) is 0 Å². The average molecular weight is 253 g/mol. The van der Waals surface area contributed by atoms with Gasteiger partial charge >= 0.3 is 5.97 Å². The molecule has 98 valence electrons. The minimum absolute atomic E-state index is 0.255. The van der Waals surface area contributed by atoms with Crippen LogP contribution in [0.3, 0.4) is 0 Å². The summed E-state index contributed by atoms with van der Waals surface area (Å²) in [5.74, 6) is -0.941. The van der Waals surface area contributed by atoms with Gasteiger partial charge in [-0.1, -0.05) is 6.07 Å². The van der Waals surface area contributed by atoms with Gasteiger partial charge in [0.2, 0.25) is 5.91 Å². The third-order valence-corrected chi connectivity index (χ3v) is 2.44. The van der Waals surface area contributed by atoms with Crippen LogP contribution in [0.25, 0.3) is 0 Å². The van der Waals surface area contributed by atoms with Crippen molar-refractivity contribution in [2.24, 2.45) is 0 Å². The highest BCUT2D eigenvalue weighted by Gasteiger charge is 2.07. The van der Waals surface area contributed by atoms with Crippen molar-refractivity contribution in [2.75, 3.05) is 12.4 Å². The van der Waals surface area contributed by atoms with E-state index in [4.69, 9.17) is 0 Å². The Labute approximate surface area is 105 Å². The van der Waals surface area contributed by atoms with E-state index in [1.165, 1.54) is 26.2 Å². The molecule has 0 fully saturated rings. The fourth-order valence-electron chi connectivity index (χ4n) is 1.60.